The minimum absolute atomic E-state index is 0.0859. The van der Waals surface area contributed by atoms with Crippen LogP contribution in [0.2, 0.25) is 0 Å². The number of carboxylic acids is 1. The minimum atomic E-state index is -1.12. The van der Waals surface area contributed by atoms with Crippen LogP contribution in [0.4, 0.5) is 0 Å². The van der Waals surface area contributed by atoms with Gasteiger partial charge in [0.05, 0.1) is 5.56 Å². The SMILES string of the molecule is Cc1ccnc(-n2ccc(C(=O)O)n2)c1C#N. The van der Waals surface area contributed by atoms with Crippen LogP contribution in [0.25, 0.3) is 5.82 Å². The molecule has 2 heterocycles. The fourth-order valence-electron chi connectivity index (χ4n) is 1.41. The summed E-state index contributed by atoms with van der Waals surface area (Å²) in [5, 5.41) is 21.6. The number of rotatable bonds is 2. The maximum absolute atomic E-state index is 10.7. The van der Waals surface area contributed by atoms with Gasteiger partial charge in [-0.25, -0.2) is 14.5 Å². The number of pyridine rings is 1. The Morgan fingerprint density at radius 2 is 2.29 bits per heavy atom. The van der Waals surface area contributed by atoms with Gasteiger partial charge in [-0.1, -0.05) is 0 Å². The molecule has 0 aliphatic heterocycles. The van der Waals surface area contributed by atoms with E-state index in [0.29, 0.717) is 11.4 Å². The summed E-state index contributed by atoms with van der Waals surface area (Å²) in [5.41, 5.74) is 1.06. The van der Waals surface area contributed by atoms with Gasteiger partial charge in [-0.05, 0) is 24.6 Å². The quantitative estimate of drug-likeness (QED) is 0.832. The number of nitriles is 1. The summed E-state index contributed by atoms with van der Waals surface area (Å²) in [7, 11) is 0. The number of carbonyl (C=O) groups is 1. The molecular formula is C11H8N4O2. The van der Waals surface area contributed by atoms with Crippen LogP contribution in [-0.4, -0.2) is 25.8 Å². The Kier molecular flexibility index (Phi) is 2.58. The van der Waals surface area contributed by atoms with Crippen LogP contribution in [0.5, 0.6) is 0 Å². The van der Waals surface area contributed by atoms with E-state index in [1.807, 2.05) is 6.07 Å². The summed E-state index contributed by atoms with van der Waals surface area (Å²) < 4.78 is 1.29. The number of aryl methyl sites for hydroxylation is 1. The Bertz CT molecular complexity index is 625. The van der Waals surface area contributed by atoms with Gasteiger partial charge >= 0.3 is 5.97 Å². The largest absolute Gasteiger partial charge is 0.476 e. The van der Waals surface area contributed by atoms with Crippen LogP contribution < -0.4 is 0 Å². The highest BCUT2D eigenvalue weighted by atomic mass is 16.4. The lowest BCUT2D eigenvalue weighted by molar-refractivity contribution is 0.0690. The molecule has 1 N–H and O–H groups in total. The molecule has 0 saturated heterocycles. The number of aromatic nitrogens is 3. The molecule has 0 aromatic carbocycles. The van der Waals surface area contributed by atoms with Crippen molar-refractivity contribution in [1.82, 2.24) is 14.8 Å². The highest BCUT2D eigenvalue weighted by Crippen LogP contribution is 2.14. The van der Waals surface area contributed by atoms with E-state index in [0.717, 1.165) is 5.56 Å². The first-order valence-electron chi connectivity index (χ1n) is 4.78. The van der Waals surface area contributed by atoms with Gasteiger partial charge in [0.2, 0.25) is 0 Å². The molecule has 6 heteroatoms. The maximum atomic E-state index is 10.7. The summed E-state index contributed by atoms with van der Waals surface area (Å²) in [4.78, 5) is 14.7. The lowest BCUT2D eigenvalue weighted by atomic mass is 10.1. The van der Waals surface area contributed by atoms with E-state index >= 15 is 0 Å². The zero-order valence-electron chi connectivity index (χ0n) is 8.95. The molecule has 0 amide bonds. The first kappa shape index (κ1) is 10.8. The zero-order chi connectivity index (χ0) is 12.4. The average Bonchev–Trinajstić information content (AvgIpc) is 2.77. The van der Waals surface area contributed by atoms with E-state index < -0.39 is 5.97 Å². The number of nitrogens with zero attached hydrogens (tertiary/aromatic N) is 4. The number of hydrogen-bond acceptors (Lipinski definition) is 4. The van der Waals surface area contributed by atoms with Crippen LogP contribution in [-0.2, 0) is 0 Å². The highest BCUT2D eigenvalue weighted by Gasteiger charge is 2.12. The van der Waals surface area contributed by atoms with Crippen LogP contribution in [0.1, 0.15) is 21.6 Å². The molecule has 0 fully saturated rings. The molecular weight excluding hydrogens is 220 g/mol. The summed E-state index contributed by atoms with van der Waals surface area (Å²) >= 11 is 0. The second-order valence-electron chi connectivity index (χ2n) is 3.39. The zero-order valence-corrected chi connectivity index (χ0v) is 8.95. The second-order valence-corrected chi connectivity index (χ2v) is 3.39. The van der Waals surface area contributed by atoms with Gasteiger partial charge < -0.3 is 5.11 Å². The van der Waals surface area contributed by atoms with Gasteiger partial charge in [-0.15, -0.1) is 0 Å². The average molecular weight is 228 g/mol. The maximum Gasteiger partial charge on any atom is 0.356 e. The van der Waals surface area contributed by atoms with E-state index in [1.54, 1.807) is 19.2 Å². The Morgan fingerprint density at radius 1 is 1.53 bits per heavy atom. The van der Waals surface area contributed by atoms with Crippen molar-refractivity contribution in [3.05, 3.63) is 41.3 Å². The second kappa shape index (κ2) is 4.06. The molecule has 84 valence electrons. The molecule has 2 aromatic heterocycles. The van der Waals surface area contributed by atoms with Gasteiger partial charge in [0.25, 0.3) is 0 Å². The summed E-state index contributed by atoms with van der Waals surface area (Å²) in [6, 6.07) is 5.10. The van der Waals surface area contributed by atoms with Gasteiger partial charge in [0.1, 0.15) is 6.07 Å². The molecule has 0 atom stereocenters. The number of carboxylic acid groups (broad SMARTS) is 1. The van der Waals surface area contributed by atoms with Crippen LogP contribution >= 0.6 is 0 Å². The monoisotopic (exact) mass is 228 g/mol. The van der Waals surface area contributed by atoms with Crippen LogP contribution in [0.3, 0.4) is 0 Å². The third-order valence-electron chi connectivity index (χ3n) is 2.28. The lowest BCUT2D eigenvalue weighted by Crippen LogP contribution is -2.05. The molecule has 0 saturated carbocycles. The smallest absolute Gasteiger partial charge is 0.356 e. The molecule has 17 heavy (non-hydrogen) atoms. The molecule has 0 bridgehead atoms. The van der Waals surface area contributed by atoms with Gasteiger partial charge in [0.15, 0.2) is 11.5 Å². The van der Waals surface area contributed by atoms with E-state index in [-0.39, 0.29) is 5.69 Å². The van der Waals surface area contributed by atoms with E-state index in [1.165, 1.54) is 16.9 Å². The van der Waals surface area contributed by atoms with Crippen LogP contribution in [0.15, 0.2) is 24.5 Å². The summed E-state index contributed by atoms with van der Waals surface area (Å²) in [5.74, 6) is -0.782. The fourth-order valence-corrected chi connectivity index (χ4v) is 1.41. The van der Waals surface area contributed by atoms with Gasteiger partial charge in [-0.2, -0.15) is 10.4 Å². The molecule has 2 aromatic rings. The highest BCUT2D eigenvalue weighted by molar-refractivity contribution is 5.85. The van der Waals surface area contributed by atoms with Crippen LogP contribution in [0, 0.1) is 18.3 Å². The van der Waals surface area contributed by atoms with E-state index in [4.69, 9.17) is 10.4 Å². The number of aromatic carboxylic acids is 1. The third kappa shape index (κ3) is 1.86. The Hall–Kier alpha value is -2.68. The Labute approximate surface area is 96.8 Å². The lowest BCUT2D eigenvalue weighted by Gasteiger charge is -2.04. The molecule has 0 aliphatic rings. The minimum Gasteiger partial charge on any atom is -0.476 e. The predicted octanol–water partition coefficient (Wildman–Crippen LogP) is 1.15. The van der Waals surface area contributed by atoms with Crippen molar-refractivity contribution in [3.63, 3.8) is 0 Å². The third-order valence-corrected chi connectivity index (χ3v) is 2.28. The molecule has 0 spiro atoms. The topological polar surface area (TPSA) is 91.8 Å². The molecule has 0 unspecified atom stereocenters. The molecule has 0 radical (unpaired) electrons. The normalized spacial score (nSPS) is 9.88. The van der Waals surface area contributed by atoms with Crippen molar-refractivity contribution in [2.75, 3.05) is 0 Å². The first-order valence-corrected chi connectivity index (χ1v) is 4.78. The molecule has 2 rings (SSSR count). The molecule has 0 aliphatic carbocycles. The van der Waals surface area contributed by atoms with E-state index in [9.17, 15) is 4.79 Å². The Morgan fingerprint density at radius 3 is 2.88 bits per heavy atom. The van der Waals surface area contributed by atoms with Crippen molar-refractivity contribution >= 4 is 5.97 Å². The van der Waals surface area contributed by atoms with Crippen molar-refractivity contribution in [2.24, 2.45) is 0 Å². The first-order chi connectivity index (χ1) is 8.13. The van der Waals surface area contributed by atoms with Crippen molar-refractivity contribution < 1.29 is 9.90 Å². The summed E-state index contributed by atoms with van der Waals surface area (Å²) in [6.45, 7) is 1.78. The van der Waals surface area contributed by atoms with E-state index in [2.05, 4.69) is 10.1 Å². The predicted molar refractivity (Wildman–Crippen MR) is 57.8 cm³/mol. The molecule has 6 nitrogen and oxygen atoms in total. The van der Waals surface area contributed by atoms with Crippen molar-refractivity contribution in [3.8, 4) is 11.9 Å². The Balaban J connectivity index is 2.57. The summed E-state index contributed by atoms with van der Waals surface area (Å²) in [6.07, 6.45) is 3.01. The standard InChI is InChI=1S/C11H8N4O2/c1-7-2-4-13-10(8(7)6-12)15-5-3-9(14-15)11(16)17/h2-5H,1H3,(H,16,17). The van der Waals surface area contributed by atoms with Crippen molar-refractivity contribution in [1.29, 1.82) is 5.26 Å². The number of hydrogen-bond donors (Lipinski definition) is 1. The fraction of sp³-hybridized carbons (Fsp3) is 0.0909. The van der Waals surface area contributed by atoms with Gasteiger partial charge in [-0.3, -0.25) is 0 Å². The van der Waals surface area contributed by atoms with Gasteiger partial charge in [0, 0.05) is 12.4 Å². The van der Waals surface area contributed by atoms with Crippen molar-refractivity contribution in [2.45, 2.75) is 6.92 Å².